The highest BCUT2D eigenvalue weighted by atomic mass is 35.5. The van der Waals surface area contributed by atoms with Crippen molar-refractivity contribution >= 4 is 17.5 Å². The Balaban J connectivity index is 2.21. The average molecular weight is 281 g/mol. The number of hydrogen-bond acceptors (Lipinski definition) is 3. The van der Waals surface area contributed by atoms with Crippen LogP contribution in [-0.4, -0.2) is 35.5 Å². The second-order valence-electron chi connectivity index (χ2n) is 5.65. The van der Waals surface area contributed by atoms with Crippen LogP contribution in [0.15, 0.2) is 18.2 Å². The van der Waals surface area contributed by atoms with Crippen LogP contribution in [0.5, 0.6) is 0 Å². The number of nitrogens with two attached hydrogens (primary N) is 1. The summed E-state index contributed by atoms with van der Waals surface area (Å²) in [5, 5.41) is 10.8. The number of hydrogen-bond donors (Lipinski definition) is 2. The summed E-state index contributed by atoms with van der Waals surface area (Å²) >= 11 is 6.23. The van der Waals surface area contributed by atoms with Crippen molar-refractivity contribution in [2.24, 2.45) is 5.73 Å². The van der Waals surface area contributed by atoms with E-state index in [-0.39, 0.29) is 18.5 Å². The largest absolute Gasteiger partial charge is 0.386 e. The van der Waals surface area contributed by atoms with Crippen LogP contribution in [0, 0.1) is 0 Å². The van der Waals surface area contributed by atoms with E-state index in [1.165, 1.54) is 0 Å². The van der Waals surface area contributed by atoms with Gasteiger partial charge in [0.2, 0.25) is 5.91 Å². The summed E-state index contributed by atoms with van der Waals surface area (Å²) in [6.07, 6.45) is 0.501. The van der Waals surface area contributed by atoms with Crippen LogP contribution in [0.3, 0.4) is 0 Å². The molecule has 1 unspecified atom stereocenters. The van der Waals surface area contributed by atoms with Crippen LogP contribution < -0.4 is 5.73 Å². The van der Waals surface area contributed by atoms with Gasteiger partial charge in [-0.1, -0.05) is 23.7 Å². The van der Waals surface area contributed by atoms with Gasteiger partial charge >= 0.3 is 0 Å². The summed E-state index contributed by atoms with van der Waals surface area (Å²) in [5.74, 6) is 0.0364. The molecule has 0 saturated heterocycles. The van der Waals surface area contributed by atoms with Gasteiger partial charge in [0.25, 0.3) is 0 Å². The Labute approximate surface area is 117 Å². The fourth-order valence-corrected chi connectivity index (χ4v) is 3.74. The maximum atomic E-state index is 12.6. The van der Waals surface area contributed by atoms with E-state index in [0.29, 0.717) is 23.4 Å². The third kappa shape index (κ3) is 1.71. The number of benzene rings is 1. The van der Waals surface area contributed by atoms with Gasteiger partial charge in [-0.2, -0.15) is 0 Å². The van der Waals surface area contributed by atoms with Gasteiger partial charge in [-0.15, -0.1) is 0 Å². The van der Waals surface area contributed by atoms with Crippen LogP contribution in [0.2, 0.25) is 5.02 Å². The van der Waals surface area contributed by atoms with Crippen molar-refractivity contribution in [3.8, 4) is 0 Å². The van der Waals surface area contributed by atoms with Crippen molar-refractivity contribution in [2.45, 2.75) is 30.4 Å². The lowest BCUT2D eigenvalue weighted by atomic mass is 9.60. The molecule has 0 aromatic heterocycles. The predicted molar refractivity (Wildman–Crippen MR) is 72.9 cm³/mol. The van der Waals surface area contributed by atoms with Gasteiger partial charge in [0.15, 0.2) is 0 Å². The van der Waals surface area contributed by atoms with Crippen LogP contribution in [-0.2, 0) is 10.2 Å². The Morgan fingerprint density at radius 1 is 1.47 bits per heavy atom. The first-order valence-corrected chi connectivity index (χ1v) is 6.81. The molecule has 2 aliphatic rings. The summed E-state index contributed by atoms with van der Waals surface area (Å²) in [6.45, 7) is 0.270. The molecule has 0 radical (unpaired) electrons. The first-order valence-electron chi connectivity index (χ1n) is 6.44. The van der Waals surface area contributed by atoms with Gasteiger partial charge in [0.1, 0.15) is 0 Å². The van der Waals surface area contributed by atoms with E-state index in [0.717, 1.165) is 5.56 Å². The first-order chi connectivity index (χ1) is 8.95. The molecular formula is C14H17ClN2O2. The molecular weight excluding hydrogens is 264 g/mol. The molecule has 1 aromatic carbocycles. The number of aliphatic hydroxyl groups excluding tert-OH is 1. The Bertz CT molecular complexity index is 540. The number of fused-ring (bicyclic) bond motifs is 2. The third-order valence-electron chi connectivity index (χ3n) is 4.33. The van der Waals surface area contributed by atoms with E-state index in [2.05, 4.69) is 0 Å². The van der Waals surface area contributed by atoms with Crippen LogP contribution in [0.4, 0.5) is 0 Å². The van der Waals surface area contributed by atoms with Crippen molar-refractivity contribution in [3.63, 3.8) is 0 Å². The summed E-state index contributed by atoms with van der Waals surface area (Å²) < 4.78 is 0. The standard InChI is InChI=1S/C14H17ClN2O2/c1-17-7-11(18)12-9(3-2-4-10(12)15)14(13(17)19)5-8(16)6-14/h2-4,8,11,18H,5-7,16H2,1H3. The minimum atomic E-state index is -0.742. The van der Waals surface area contributed by atoms with E-state index in [9.17, 15) is 9.90 Å². The molecule has 1 aliphatic heterocycles. The zero-order valence-electron chi connectivity index (χ0n) is 10.8. The normalized spacial score (nSPS) is 33.9. The highest BCUT2D eigenvalue weighted by molar-refractivity contribution is 6.31. The molecule has 1 fully saturated rings. The zero-order valence-corrected chi connectivity index (χ0v) is 11.5. The molecule has 1 amide bonds. The lowest BCUT2D eigenvalue weighted by Gasteiger charge is -2.46. The molecule has 1 atom stereocenters. The quantitative estimate of drug-likeness (QED) is 0.751. The number of likely N-dealkylation sites (N-methyl/N-ethyl adjacent to an activating group) is 1. The minimum absolute atomic E-state index is 0.0364. The fraction of sp³-hybridized carbons (Fsp3) is 0.500. The maximum absolute atomic E-state index is 12.6. The maximum Gasteiger partial charge on any atom is 0.233 e. The van der Waals surface area contributed by atoms with E-state index in [4.69, 9.17) is 17.3 Å². The Kier molecular flexibility index (Phi) is 2.85. The summed E-state index contributed by atoms with van der Waals surface area (Å²) in [7, 11) is 1.72. The van der Waals surface area contributed by atoms with E-state index in [1.54, 1.807) is 18.0 Å². The molecule has 3 rings (SSSR count). The lowest BCUT2D eigenvalue weighted by molar-refractivity contribution is -0.140. The number of nitrogens with zero attached hydrogens (tertiary/aromatic N) is 1. The Hall–Kier alpha value is -1.10. The van der Waals surface area contributed by atoms with Gasteiger partial charge in [0, 0.05) is 23.7 Å². The molecule has 1 aromatic rings. The number of amides is 1. The molecule has 19 heavy (non-hydrogen) atoms. The van der Waals surface area contributed by atoms with Gasteiger partial charge < -0.3 is 15.7 Å². The molecule has 1 heterocycles. The summed E-state index contributed by atoms with van der Waals surface area (Å²) in [4.78, 5) is 14.2. The van der Waals surface area contributed by atoms with Crippen LogP contribution >= 0.6 is 11.6 Å². The van der Waals surface area contributed by atoms with E-state index >= 15 is 0 Å². The van der Waals surface area contributed by atoms with Crippen molar-refractivity contribution < 1.29 is 9.90 Å². The van der Waals surface area contributed by atoms with Crippen molar-refractivity contribution in [2.75, 3.05) is 13.6 Å². The number of carbonyl (C=O) groups excluding carboxylic acids is 1. The summed E-state index contributed by atoms with van der Waals surface area (Å²) in [6, 6.07) is 5.52. The summed E-state index contributed by atoms with van der Waals surface area (Å²) in [5.41, 5.74) is 6.85. The SMILES string of the molecule is CN1CC(O)c2c(Cl)cccc2C2(CC(N)C2)C1=O. The van der Waals surface area contributed by atoms with E-state index in [1.807, 2.05) is 12.1 Å². The lowest BCUT2D eigenvalue weighted by Crippen LogP contribution is -2.57. The number of halogens is 1. The Morgan fingerprint density at radius 3 is 2.79 bits per heavy atom. The highest BCUT2D eigenvalue weighted by Gasteiger charge is 2.54. The zero-order chi connectivity index (χ0) is 13.8. The predicted octanol–water partition coefficient (Wildman–Crippen LogP) is 1.20. The number of β-amino-alcohol motifs (C(OH)–C–C–N with tert-alkyl or cyclic N) is 1. The van der Waals surface area contributed by atoms with Gasteiger partial charge in [-0.25, -0.2) is 0 Å². The fourth-order valence-electron chi connectivity index (χ4n) is 3.44. The number of rotatable bonds is 0. The Morgan fingerprint density at radius 2 is 2.16 bits per heavy atom. The highest BCUT2D eigenvalue weighted by Crippen LogP contribution is 2.49. The molecule has 102 valence electrons. The molecule has 0 bridgehead atoms. The molecule has 4 nitrogen and oxygen atoms in total. The topological polar surface area (TPSA) is 66.6 Å². The second-order valence-corrected chi connectivity index (χ2v) is 6.06. The number of aliphatic hydroxyl groups is 1. The average Bonchev–Trinajstić information content (AvgIpc) is 2.39. The molecule has 1 spiro atoms. The third-order valence-corrected chi connectivity index (χ3v) is 4.66. The first kappa shape index (κ1) is 12.9. The van der Waals surface area contributed by atoms with Crippen LogP contribution in [0.1, 0.15) is 30.1 Å². The molecule has 1 aliphatic carbocycles. The minimum Gasteiger partial charge on any atom is -0.386 e. The van der Waals surface area contributed by atoms with Crippen molar-refractivity contribution in [3.05, 3.63) is 34.3 Å². The van der Waals surface area contributed by atoms with E-state index < -0.39 is 11.5 Å². The molecule has 3 N–H and O–H groups in total. The van der Waals surface area contributed by atoms with Gasteiger partial charge in [0.05, 0.1) is 18.1 Å². The van der Waals surface area contributed by atoms with Crippen molar-refractivity contribution in [1.82, 2.24) is 4.90 Å². The van der Waals surface area contributed by atoms with Crippen molar-refractivity contribution in [1.29, 1.82) is 0 Å². The second kappa shape index (κ2) is 4.20. The van der Waals surface area contributed by atoms with Gasteiger partial charge in [-0.05, 0) is 24.5 Å². The number of carbonyl (C=O) groups is 1. The van der Waals surface area contributed by atoms with Gasteiger partial charge in [-0.3, -0.25) is 4.79 Å². The smallest absolute Gasteiger partial charge is 0.233 e. The van der Waals surface area contributed by atoms with Crippen LogP contribution in [0.25, 0.3) is 0 Å². The molecule has 1 saturated carbocycles. The molecule has 5 heteroatoms. The monoisotopic (exact) mass is 280 g/mol.